The van der Waals surface area contributed by atoms with Gasteiger partial charge in [-0.05, 0) is 38.7 Å². The van der Waals surface area contributed by atoms with E-state index in [1.807, 2.05) is 31.2 Å². The van der Waals surface area contributed by atoms with Crippen LogP contribution >= 0.6 is 0 Å². The van der Waals surface area contributed by atoms with Gasteiger partial charge < -0.3 is 9.47 Å². The van der Waals surface area contributed by atoms with Gasteiger partial charge in [-0.1, -0.05) is 23.8 Å². The van der Waals surface area contributed by atoms with Crippen LogP contribution in [-0.4, -0.2) is 31.7 Å². The smallest absolute Gasteiger partial charge is 0.188 e. The quantitative estimate of drug-likeness (QED) is 0.765. The number of hydrogen-bond donors (Lipinski definition) is 0. The Morgan fingerprint density at radius 1 is 1.32 bits per heavy atom. The van der Waals surface area contributed by atoms with Crippen LogP contribution in [0, 0.1) is 6.92 Å². The van der Waals surface area contributed by atoms with Gasteiger partial charge in [0.1, 0.15) is 6.61 Å². The SMILES string of the molecule is COC1CCCC(OCC(=O)c2cccc(C)c2)C1. The molecular formula is C16H22O3. The van der Waals surface area contributed by atoms with Crippen LogP contribution in [0.2, 0.25) is 0 Å². The third-order valence-electron chi connectivity index (χ3n) is 3.70. The van der Waals surface area contributed by atoms with Gasteiger partial charge in [0.15, 0.2) is 5.78 Å². The van der Waals surface area contributed by atoms with E-state index in [2.05, 4.69) is 0 Å². The maximum absolute atomic E-state index is 12.0. The number of benzene rings is 1. The van der Waals surface area contributed by atoms with Crippen LogP contribution in [0.25, 0.3) is 0 Å². The maximum atomic E-state index is 12.0. The molecular weight excluding hydrogens is 240 g/mol. The van der Waals surface area contributed by atoms with Crippen LogP contribution < -0.4 is 0 Å². The highest BCUT2D eigenvalue weighted by Gasteiger charge is 2.22. The van der Waals surface area contributed by atoms with Crippen LogP contribution in [0.1, 0.15) is 41.6 Å². The van der Waals surface area contributed by atoms with Crippen LogP contribution in [0.15, 0.2) is 24.3 Å². The average molecular weight is 262 g/mol. The van der Waals surface area contributed by atoms with E-state index in [1.54, 1.807) is 7.11 Å². The molecule has 0 aliphatic heterocycles. The highest BCUT2D eigenvalue weighted by molar-refractivity contribution is 5.97. The van der Waals surface area contributed by atoms with Crippen molar-refractivity contribution < 1.29 is 14.3 Å². The van der Waals surface area contributed by atoms with Crippen molar-refractivity contribution in [2.45, 2.75) is 44.8 Å². The molecule has 19 heavy (non-hydrogen) atoms. The summed E-state index contributed by atoms with van der Waals surface area (Å²) in [4.78, 5) is 12.0. The van der Waals surface area contributed by atoms with Gasteiger partial charge in [-0.25, -0.2) is 0 Å². The topological polar surface area (TPSA) is 35.5 Å². The summed E-state index contributed by atoms with van der Waals surface area (Å²) in [6, 6.07) is 7.65. The first kappa shape index (κ1) is 14.2. The molecule has 0 heterocycles. The molecule has 0 spiro atoms. The van der Waals surface area contributed by atoms with Crippen LogP contribution in [-0.2, 0) is 9.47 Å². The zero-order chi connectivity index (χ0) is 13.7. The van der Waals surface area contributed by atoms with Crippen LogP contribution in [0.3, 0.4) is 0 Å². The van der Waals surface area contributed by atoms with Crippen molar-refractivity contribution >= 4 is 5.78 Å². The summed E-state index contributed by atoms with van der Waals surface area (Å²) in [5.74, 6) is 0.0586. The molecule has 0 bridgehead atoms. The minimum Gasteiger partial charge on any atom is -0.381 e. The number of carbonyl (C=O) groups excluding carboxylic acids is 1. The number of rotatable bonds is 5. The molecule has 3 heteroatoms. The largest absolute Gasteiger partial charge is 0.381 e. The van der Waals surface area contributed by atoms with E-state index in [-0.39, 0.29) is 24.6 Å². The molecule has 1 fully saturated rings. The van der Waals surface area contributed by atoms with Crippen LogP contribution in [0.4, 0.5) is 0 Å². The number of carbonyl (C=O) groups is 1. The summed E-state index contributed by atoms with van der Waals surface area (Å²) >= 11 is 0. The van der Waals surface area contributed by atoms with Gasteiger partial charge in [-0.2, -0.15) is 0 Å². The fourth-order valence-electron chi connectivity index (χ4n) is 2.56. The highest BCUT2D eigenvalue weighted by Crippen LogP contribution is 2.23. The molecule has 1 saturated carbocycles. The van der Waals surface area contributed by atoms with E-state index in [0.29, 0.717) is 0 Å². The molecule has 0 aromatic heterocycles. The number of aryl methyl sites for hydroxylation is 1. The lowest BCUT2D eigenvalue weighted by Crippen LogP contribution is -2.29. The van der Waals surface area contributed by atoms with Crippen molar-refractivity contribution in [2.75, 3.05) is 13.7 Å². The maximum Gasteiger partial charge on any atom is 0.188 e. The van der Waals surface area contributed by atoms with Gasteiger partial charge in [-0.3, -0.25) is 4.79 Å². The van der Waals surface area contributed by atoms with Crippen molar-refractivity contribution in [3.8, 4) is 0 Å². The van der Waals surface area contributed by atoms with E-state index in [0.717, 1.165) is 36.8 Å². The number of hydrogen-bond acceptors (Lipinski definition) is 3. The number of methoxy groups -OCH3 is 1. The predicted octanol–water partition coefficient (Wildman–Crippen LogP) is 3.15. The summed E-state index contributed by atoms with van der Waals surface area (Å²) in [6.07, 6.45) is 4.59. The van der Waals surface area contributed by atoms with Gasteiger partial charge >= 0.3 is 0 Å². The van der Waals surface area contributed by atoms with E-state index in [1.165, 1.54) is 0 Å². The molecule has 3 nitrogen and oxygen atoms in total. The molecule has 1 aromatic carbocycles. The second kappa shape index (κ2) is 6.83. The lowest BCUT2D eigenvalue weighted by molar-refractivity contribution is -0.0243. The van der Waals surface area contributed by atoms with Crippen molar-refractivity contribution in [1.82, 2.24) is 0 Å². The molecule has 2 unspecified atom stereocenters. The van der Waals surface area contributed by atoms with Crippen molar-refractivity contribution in [2.24, 2.45) is 0 Å². The molecule has 104 valence electrons. The van der Waals surface area contributed by atoms with Gasteiger partial charge in [0.25, 0.3) is 0 Å². The number of ether oxygens (including phenoxy) is 2. The molecule has 1 aromatic rings. The molecule has 0 saturated heterocycles. The summed E-state index contributed by atoms with van der Waals surface area (Å²) < 4.78 is 11.1. The van der Waals surface area contributed by atoms with Gasteiger partial charge in [0.2, 0.25) is 0 Å². The number of ketones is 1. The Kier molecular flexibility index (Phi) is 5.11. The first-order valence-corrected chi connectivity index (χ1v) is 6.93. The van der Waals surface area contributed by atoms with Crippen LogP contribution in [0.5, 0.6) is 0 Å². The Labute approximate surface area is 114 Å². The molecule has 1 aliphatic rings. The zero-order valence-electron chi connectivity index (χ0n) is 11.7. The monoisotopic (exact) mass is 262 g/mol. The molecule has 0 N–H and O–H groups in total. The standard InChI is InChI=1S/C16H22O3/c1-12-5-3-6-13(9-12)16(17)11-19-15-8-4-7-14(10-15)18-2/h3,5-6,9,14-15H,4,7-8,10-11H2,1-2H3. The second-order valence-corrected chi connectivity index (χ2v) is 5.25. The fourth-order valence-corrected chi connectivity index (χ4v) is 2.56. The predicted molar refractivity (Wildman–Crippen MR) is 74.5 cm³/mol. The van der Waals surface area contributed by atoms with E-state index >= 15 is 0 Å². The first-order valence-electron chi connectivity index (χ1n) is 6.93. The third kappa shape index (κ3) is 4.15. The summed E-state index contributed by atoms with van der Waals surface area (Å²) in [5.41, 5.74) is 1.84. The normalized spacial score (nSPS) is 23.3. The molecule has 0 radical (unpaired) electrons. The minimum absolute atomic E-state index is 0.0586. The highest BCUT2D eigenvalue weighted by atomic mass is 16.5. The van der Waals surface area contributed by atoms with E-state index in [4.69, 9.17) is 9.47 Å². The lowest BCUT2D eigenvalue weighted by atomic mass is 9.95. The zero-order valence-corrected chi connectivity index (χ0v) is 11.7. The average Bonchev–Trinajstić information content (AvgIpc) is 2.45. The summed E-state index contributed by atoms with van der Waals surface area (Å²) in [5, 5.41) is 0. The van der Waals surface area contributed by atoms with Gasteiger partial charge in [-0.15, -0.1) is 0 Å². The number of Topliss-reactive ketones (excluding diaryl/α,β-unsaturated/α-hetero) is 1. The first-order chi connectivity index (χ1) is 9.19. The van der Waals surface area contributed by atoms with Gasteiger partial charge in [0, 0.05) is 12.7 Å². The Morgan fingerprint density at radius 2 is 2.11 bits per heavy atom. The fraction of sp³-hybridized carbons (Fsp3) is 0.562. The van der Waals surface area contributed by atoms with Gasteiger partial charge in [0.05, 0.1) is 12.2 Å². The van der Waals surface area contributed by atoms with Crippen molar-refractivity contribution in [3.05, 3.63) is 35.4 Å². The molecule has 0 amide bonds. The Balaban J connectivity index is 1.83. The summed E-state index contributed by atoms with van der Waals surface area (Å²) in [7, 11) is 1.74. The Bertz CT molecular complexity index is 428. The van der Waals surface area contributed by atoms with Crippen molar-refractivity contribution in [3.63, 3.8) is 0 Å². The second-order valence-electron chi connectivity index (χ2n) is 5.25. The summed E-state index contributed by atoms with van der Waals surface area (Å²) in [6.45, 7) is 2.16. The Morgan fingerprint density at radius 3 is 2.84 bits per heavy atom. The Hall–Kier alpha value is -1.19. The lowest BCUT2D eigenvalue weighted by Gasteiger charge is -2.27. The van der Waals surface area contributed by atoms with Crippen molar-refractivity contribution in [1.29, 1.82) is 0 Å². The molecule has 2 rings (SSSR count). The minimum atomic E-state index is 0.0586. The van der Waals surface area contributed by atoms with E-state index in [9.17, 15) is 4.79 Å². The molecule has 2 atom stereocenters. The third-order valence-corrected chi connectivity index (χ3v) is 3.70. The van der Waals surface area contributed by atoms with E-state index < -0.39 is 0 Å². The molecule has 1 aliphatic carbocycles.